The van der Waals surface area contributed by atoms with Crippen LogP contribution in [0.15, 0.2) is 12.4 Å². The van der Waals surface area contributed by atoms with Crippen molar-refractivity contribution in [3.05, 3.63) is 18.0 Å². The number of aromatic nitrogens is 2. The van der Waals surface area contributed by atoms with Crippen LogP contribution in [-0.4, -0.2) is 42.3 Å². The summed E-state index contributed by atoms with van der Waals surface area (Å²) in [6, 6.07) is 0.720. The van der Waals surface area contributed by atoms with Crippen molar-refractivity contribution in [2.75, 3.05) is 31.2 Å². The zero-order valence-electron chi connectivity index (χ0n) is 11.9. The van der Waals surface area contributed by atoms with Crippen LogP contribution >= 0.6 is 0 Å². The van der Waals surface area contributed by atoms with Gasteiger partial charge in [0.1, 0.15) is 0 Å². The highest BCUT2D eigenvalue weighted by Crippen LogP contribution is 2.19. The monoisotopic (exact) mass is 264 g/mol. The lowest BCUT2D eigenvalue weighted by atomic mass is 10.3. The molecule has 19 heavy (non-hydrogen) atoms. The largest absolute Gasteiger partial charge is 0.380 e. The third-order valence-corrected chi connectivity index (χ3v) is 3.24. The van der Waals surface area contributed by atoms with Crippen molar-refractivity contribution >= 4 is 5.95 Å². The van der Waals surface area contributed by atoms with E-state index in [1.807, 2.05) is 19.3 Å². The Morgan fingerprint density at radius 2 is 2.05 bits per heavy atom. The summed E-state index contributed by atoms with van der Waals surface area (Å²) in [7, 11) is 0. The highest BCUT2D eigenvalue weighted by atomic mass is 16.5. The molecule has 5 nitrogen and oxygen atoms in total. The molecule has 106 valence electrons. The first-order valence-corrected chi connectivity index (χ1v) is 7.20. The van der Waals surface area contributed by atoms with Gasteiger partial charge in [0.25, 0.3) is 0 Å². The van der Waals surface area contributed by atoms with Crippen LogP contribution < -0.4 is 10.2 Å². The summed E-state index contributed by atoms with van der Waals surface area (Å²) in [5, 5.41) is 3.46. The average molecular weight is 264 g/mol. The predicted octanol–water partition coefficient (Wildman–Crippen LogP) is 1.59. The molecule has 2 rings (SSSR count). The van der Waals surface area contributed by atoms with Gasteiger partial charge in [-0.15, -0.1) is 0 Å². The van der Waals surface area contributed by atoms with Gasteiger partial charge in [-0.3, -0.25) is 0 Å². The normalized spacial score (nSPS) is 14.6. The molecule has 0 aliphatic heterocycles. The summed E-state index contributed by atoms with van der Waals surface area (Å²) in [4.78, 5) is 11.0. The number of hydrogen-bond acceptors (Lipinski definition) is 5. The minimum atomic E-state index is 0.720. The van der Waals surface area contributed by atoms with Crippen molar-refractivity contribution in [2.24, 2.45) is 0 Å². The number of anilines is 1. The van der Waals surface area contributed by atoms with E-state index in [-0.39, 0.29) is 0 Å². The first-order valence-electron chi connectivity index (χ1n) is 7.20. The lowest BCUT2D eigenvalue weighted by Gasteiger charge is -2.20. The van der Waals surface area contributed by atoms with Crippen LogP contribution in [0.25, 0.3) is 0 Å². The van der Waals surface area contributed by atoms with E-state index in [0.717, 1.165) is 50.4 Å². The zero-order valence-corrected chi connectivity index (χ0v) is 11.9. The van der Waals surface area contributed by atoms with Crippen LogP contribution in [0.5, 0.6) is 0 Å². The highest BCUT2D eigenvalue weighted by molar-refractivity contribution is 5.29. The van der Waals surface area contributed by atoms with Gasteiger partial charge in [-0.25, -0.2) is 9.97 Å². The molecule has 5 heteroatoms. The molecule has 0 aromatic carbocycles. The Bertz CT molecular complexity index is 364. The van der Waals surface area contributed by atoms with Crippen LogP contribution in [0.2, 0.25) is 0 Å². The Morgan fingerprint density at radius 1 is 1.32 bits per heavy atom. The molecule has 1 aromatic heterocycles. The van der Waals surface area contributed by atoms with Gasteiger partial charge in [0.15, 0.2) is 0 Å². The smallest absolute Gasteiger partial charge is 0.225 e. The van der Waals surface area contributed by atoms with Gasteiger partial charge in [0.05, 0.1) is 6.61 Å². The van der Waals surface area contributed by atoms with Gasteiger partial charge in [0, 0.05) is 50.2 Å². The van der Waals surface area contributed by atoms with Crippen molar-refractivity contribution in [3.8, 4) is 0 Å². The van der Waals surface area contributed by atoms with Crippen molar-refractivity contribution in [1.29, 1.82) is 0 Å². The lowest BCUT2D eigenvalue weighted by molar-refractivity contribution is 0.153. The molecule has 1 saturated carbocycles. The molecule has 0 atom stereocenters. The van der Waals surface area contributed by atoms with E-state index >= 15 is 0 Å². The van der Waals surface area contributed by atoms with Gasteiger partial charge in [0.2, 0.25) is 5.95 Å². The molecule has 1 aliphatic carbocycles. The first-order chi connectivity index (χ1) is 9.33. The maximum absolute atomic E-state index is 5.38. The van der Waals surface area contributed by atoms with Crippen molar-refractivity contribution in [3.63, 3.8) is 0 Å². The van der Waals surface area contributed by atoms with Crippen LogP contribution in [0.3, 0.4) is 0 Å². The second-order valence-electron chi connectivity index (χ2n) is 4.82. The maximum atomic E-state index is 5.38. The fourth-order valence-electron chi connectivity index (χ4n) is 1.87. The molecule has 0 saturated heterocycles. The van der Waals surface area contributed by atoms with Gasteiger partial charge >= 0.3 is 0 Å². The third-order valence-electron chi connectivity index (χ3n) is 3.24. The van der Waals surface area contributed by atoms with Gasteiger partial charge in [-0.2, -0.15) is 0 Å². The van der Waals surface area contributed by atoms with E-state index in [2.05, 4.69) is 27.1 Å². The minimum absolute atomic E-state index is 0.720. The molecule has 0 spiro atoms. The fraction of sp³-hybridized carbons (Fsp3) is 0.714. The van der Waals surface area contributed by atoms with Crippen LogP contribution in [0.1, 0.15) is 32.3 Å². The second kappa shape index (κ2) is 7.40. The van der Waals surface area contributed by atoms with E-state index in [4.69, 9.17) is 4.74 Å². The third kappa shape index (κ3) is 4.76. The number of nitrogens with one attached hydrogen (secondary N) is 1. The Labute approximate surface area is 115 Å². The summed E-state index contributed by atoms with van der Waals surface area (Å²) < 4.78 is 5.38. The van der Waals surface area contributed by atoms with E-state index in [9.17, 15) is 0 Å². The summed E-state index contributed by atoms with van der Waals surface area (Å²) in [6.07, 6.45) is 6.45. The summed E-state index contributed by atoms with van der Waals surface area (Å²) >= 11 is 0. The Hall–Kier alpha value is -1.20. The van der Waals surface area contributed by atoms with E-state index < -0.39 is 0 Å². The standard InChI is InChI=1S/C14H24N4O/c1-3-18(7-8-19-4-2)14-16-10-12(11-17-14)9-15-13-5-6-13/h10-11,13,15H,3-9H2,1-2H3. The predicted molar refractivity (Wildman–Crippen MR) is 76.3 cm³/mol. The molecule has 1 aliphatic rings. The molecule has 1 aromatic rings. The van der Waals surface area contributed by atoms with Crippen LogP contribution in [0.4, 0.5) is 5.95 Å². The Kier molecular flexibility index (Phi) is 5.54. The maximum Gasteiger partial charge on any atom is 0.225 e. The highest BCUT2D eigenvalue weighted by Gasteiger charge is 2.20. The topological polar surface area (TPSA) is 50.3 Å². The van der Waals surface area contributed by atoms with E-state index in [0.29, 0.717) is 0 Å². The zero-order chi connectivity index (χ0) is 13.5. The van der Waals surface area contributed by atoms with Gasteiger partial charge < -0.3 is 15.0 Å². The number of likely N-dealkylation sites (N-methyl/N-ethyl adjacent to an activating group) is 1. The van der Waals surface area contributed by atoms with Crippen molar-refractivity contribution in [1.82, 2.24) is 15.3 Å². The molecule has 0 amide bonds. The van der Waals surface area contributed by atoms with Crippen molar-refractivity contribution < 1.29 is 4.74 Å². The number of hydrogen-bond donors (Lipinski definition) is 1. The second-order valence-corrected chi connectivity index (χ2v) is 4.82. The fourth-order valence-corrected chi connectivity index (χ4v) is 1.87. The first kappa shape index (κ1) is 14.2. The summed E-state index contributed by atoms with van der Waals surface area (Å²) in [6.45, 7) is 8.20. The lowest BCUT2D eigenvalue weighted by Crippen LogP contribution is -2.29. The van der Waals surface area contributed by atoms with E-state index in [1.165, 1.54) is 12.8 Å². The number of rotatable bonds is 9. The summed E-state index contributed by atoms with van der Waals surface area (Å²) in [5.41, 5.74) is 1.15. The Balaban J connectivity index is 1.83. The van der Waals surface area contributed by atoms with Crippen LogP contribution in [-0.2, 0) is 11.3 Å². The number of nitrogens with zero attached hydrogens (tertiary/aromatic N) is 3. The molecular formula is C14H24N4O. The van der Waals surface area contributed by atoms with Crippen molar-refractivity contribution in [2.45, 2.75) is 39.3 Å². The average Bonchev–Trinajstić information content (AvgIpc) is 3.26. The SMILES string of the molecule is CCOCCN(CC)c1ncc(CNC2CC2)cn1. The van der Waals surface area contributed by atoms with Gasteiger partial charge in [-0.1, -0.05) is 0 Å². The molecule has 0 unspecified atom stereocenters. The molecule has 0 radical (unpaired) electrons. The minimum Gasteiger partial charge on any atom is -0.380 e. The van der Waals surface area contributed by atoms with Crippen LogP contribution in [0, 0.1) is 0 Å². The quantitative estimate of drug-likeness (QED) is 0.686. The molecule has 1 N–H and O–H groups in total. The Morgan fingerprint density at radius 3 is 2.63 bits per heavy atom. The van der Waals surface area contributed by atoms with E-state index in [1.54, 1.807) is 0 Å². The number of ether oxygens (including phenoxy) is 1. The molecule has 0 bridgehead atoms. The molecule has 1 fully saturated rings. The molecule has 1 heterocycles. The molecular weight excluding hydrogens is 240 g/mol. The summed E-state index contributed by atoms with van der Waals surface area (Å²) in [5.74, 6) is 0.789. The van der Waals surface area contributed by atoms with Gasteiger partial charge in [-0.05, 0) is 26.7 Å².